The van der Waals surface area contributed by atoms with Gasteiger partial charge >= 0.3 is 0 Å². The molecule has 0 aliphatic carbocycles. The van der Waals surface area contributed by atoms with Crippen molar-refractivity contribution in [3.05, 3.63) is 64.4 Å². The van der Waals surface area contributed by atoms with Gasteiger partial charge in [0.15, 0.2) is 0 Å². The smallest absolute Gasteiger partial charge is 0.239 e. The normalized spacial score (nSPS) is 26.8. The van der Waals surface area contributed by atoms with Crippen LogP contribution in [0.1, 0.15) is 44.2 Å². The molecule has 4 rings (SSSR count). The summed E-state index contributed by atoms with van der Waals surface area (Å²) in [7, 11) is 3.39. The predicted molar refractivity (Wildman–Crippen MR) is 124 cm³/mol. The van der Waals surface area contributed by atoms with Crippen molar-refractivity contribution in [3.63, 3.8) is 0 Å². The summed E-state index contributed by atoms with van der Waals surface area (Å²) < 4.78 is 14.4. The first-order chi connectivity index (χ1) is 14.9. The van der Waals surface area contributed by atoms with Crippen molar-refractivity contribution < 1.29 is 14.0 Å². The van der Waals surface area contributed by atoms with Crippen LogP contribution in [0.2, 0.25) is 5.02 Å². The number of likely N-dealkylation sites (N-methyl/N-ethyl adjacent to an activating group) is 1. The van der Waals surface area contributed by atoms with E-state index in [2.05, 4.69) is 31.4 Å². The number of hydrogen-bond acceptors (Lipinski definition) is 3. The van der Waals surface area contributed by atoms with Crippen LogP contribution in [0.4, 0.5) is 10.1 Å². The lowest BCUT2D eigenvalue weighted by molar-refractivity contribution is -0.131. The van der Waals surface area contributed by atoms with Crippen LogP contribution in [0.15, 0.2) is 42.5 Å². The van der Waals surface area contributed by atoms with Crippen molar-refractivity contribution in [2.24, 2.45) is 5.41 Å². The molecular formula is C25H29ClFN3O2. The highest BCUT2D eigenvalue weighted by molar-refractivity contribution is 6.31. The van der Waals surface area contributed by atoms with E-state index in [1.165, 1.54) is 17.0 Å². The molecule has 0 aromatic heterocycles. The zero-order valence-electron chi connectivity index (χ0n) is 19.0. The molecular weight excluding hydrogens is 429 g/mol. The summed E-state index contributed by atoms with van der Waals surface area (Å²) in [6, 6.07) is 10.6. The van der Waals surface area contributed by atoms with Gasteiger partial charge in [-0.1, -0.05) is 50.6 Å². The molecule has 1 saturated heterocycles. The van der Waals surface area contributed by atoms with Gasteiger partial charge in [-0.2, -0.15) is 0 Å². The van der Waals surface area contributed by atoms with E-state index in [0.717, 1.165) is 5.56 Å². The number of fused-ring (bicyclic) bond motifs is 2. The van der Waals surface area contributed by atoms with Gasteiger partial charge in [0.05, 0.1) is 6.04 Å². The Balaban J connectivity index is 2.01. The molecule has 5 nitrogen and oxygen atoms in total. The second-order valence-electron chi connectivity index (χ2n) is 10.2. The van der Waals surface area contributed by atoms with Crippen molar-refractivity contribution >= 4 is 29.1 Å². The van der Waals surface area contributed by atoms with E-state index in [9.17, 15) is 14.0 Å². The first-order valence-corrected chi connectivity index (χ1v) is 11.2. The van der Waals surface area contributed by atoms with Crippen LogP contribution in [0.3, 0.4) is 0 Å². The molecule has 2 N–H and O–H groups in total. The van der Waals surface area contributed by atoms with Gasteiger partial charge in [-0.05, 0) is 47.2 Å². The maximum Gasteiger partial charge on any atom is 0.239 e. The summed E-state index contributed by atoms with van der Waals surface area (Å²) in [6.07, 6.45) is 0.644. The van der Waals surface area contributed by atoms with Crippen molar-refractivity contribution in [1.82, 2.24) is 10.2 Å². The largest absolute Gasteiger partial charge is 0.347 e. The summed E-state index contributed by atoms with van der Waals surface area (Å²) in [6.45, 7) is 6.32. The molecule has 2 aromatic carbocycles. The molecule has 2 aromatic rings. The molecule has 0 bridgehead atoms. The number of carbonyl (C=O) groups is 2. The van der Waals surface area contributed by atoms with Crippen LogP contribution in [0, 0.1) is 11.2 Å². The van der Waals surface area contributed by atoms with Crippen LogP contribution in [0.25, 0.3) is 0 Å². The molecule has 0 radical (unpaired) electrons. The number of halogens is 2. The Labute approximate surface area is 193 Å². The topological polar surface area (TPSA) is 61.4 Å². The highest BCUT2D eigenvalue weighted by Crippen LogP contribution is 2.56. The molecule has 32 heavy (non-hydrogen) atoms. The average Bonchev–Trinajstić information content (AvgIpc) is 3.15. The minimum atomic E-state index is -1.09. The molecule has 2 amide bonds. The fourth-order valence-corrected chi connectivity index (χ4v) is 5.56. The summed E-state index contributed by atoms with van der Waals surface area (Å²) in [5.74, 6) is -1.34. The first-order valence-electron chi connectivity index (χ1n) is 10.8. The van der Waals surface area contributed by atoms with Crippen molar-refractivity contribution in [1.29, 1.82) is 0 Å². The molecule has 7 heteroatoms. The second kappa shape index (κ2) is 7.85. The third-order valence-corrected chi connectivity index (χ3v) is 6.77. The van der Waals surface area contributed by atoms with Gasteiger partial charge in [0.1, 0.15) is 11.2 Å². The predicted octanol–water partition coefficient (Wildman–Crippen LogP) is 4.32. The van der Waals surface area contributed by atoms with E-state index in [1.807, 2.05) is 6.07 Å². The number of hydrogen-bond donors (Lipinski definition) is 2. The van der Waals surface area contributed by atoms with Gasteiger partial charge in [-0.3, -0.25) is 9.59 Å². The molecule has 1 fully saturated rings. The summed E-state index contributed by atoms with van der Waals surface area (Å²) in [4.78, 5) is 28.7. The van der Waals surface area contributed by atoms with Gasteiger partial charge in [-0.15, -0.1) is 0 Å². The molecule has 4 atom stereocenters. The van der Waals surface area contributed by atoms with Crippen molar-refractivity contribution in [2.45, 2.75) is 50.6 Å². The van der Waals surface area contributed by atoms with Crippen LogP contribution >= 0.6 is 11.6 Å². The Morgan fingerprint density at radius 2 is 1.91 bits per heavy atom. The number of nitrogens with zero attached hydrogens (tertiary/aromatic N) is 1. The number of nitrogens with one attached hydrogen (secondary N) is 2. The monoisotopic (exact) mass is 457 g/mol. The number of rotatable bonds is 3. The van der Waals surface area contributed by atoms with E-state index >= 15 is 0 Å². The lowest BCUT2D eigenvalue weighted by Crippen LogP contribution is -2.49. The Morgan fingerprint density at radius 1 is 1.19 bits per heavy atom. The maximum absolute atomic E-state index is 14.4. The minimum Gasteiger partial charge on any atom is -0.347 e. The number of carbonyl (C=O) groups excluding carboxylic acids is 2. The second-order valence-corrected chi connectivity index (χ2v) is 10.7. The Bertz CT molecular complexity index is 1080. The molecule has 0 saturated carbocycles. The van der Waals surface area contributed by atoms with E-state index in [1.54, 1.807) is 38.4 Å². The first kappa shape index (κ1) is 22.7. The minimum absolute atomic E-state index is 0.122. The van der Waals surface area contributed by atoms with Crippen LogP contribution in [-0.2, 0) is 15.0 Å². The number of benzene rings is 2. The van der Waals surface area contributed by atoms with Crippen molar-refractivity contribution in [3.8, 4) is 0 Å². The van der Waals surface area contributed by atoms with Crippen LogP contribution < -0.4 is 10.6 Å². The molecule has 170 valence electrons. The number of anilines is 1. The Hall–Kier alpha value is -2.44. The lowest BCUT2D eigenvalue weighted by Gasteiger charge is -2.37. The molecule has 2 aliphatic heterocycles. The quantitative estimate of drug-likeness (QED) is 0.721. The van der Waals surface area contributed by atoms with Crippen LogP contribution in [-0.4, -0.2) is 42.9 Å². The molecule has 2 aliphatic rings. The highest BCUT2D eigenvalue weighted by atomic mass is 35.5. The third kappa shape index (κ3) is 3.59. The summed E-state index contributed by atoms with van der Waals surface area (Å²) in [5, 5.41) is 7.03. The number of amides is 2. The maximum atomic E-state index is 14.4. The van der Waals surface area contributed by atoms with E-state index in [0.29, 0.717) is 22.7 Å². The summed E-state index contributed by atoms with van der Waals surface area (Å²) in [5.41, 5.74) is 0.839. The zero-order valence-corrected chi connectivity index (χ0v) is 19.8. The Morgan fingerprint density at radius 3 is 2.53 bits per heavy atom. The standard InChI is InChI=1S/C25H29ClFN3O2/c1-24(2,3)13-19-25(17-10-9-15(26)12-18(17)28-23(25)32)20(14-7-6-8-16(27)11-14)21(29-19)22(31)30(4)5/h6-12,19-21,29H,13H2,1-5H3,(H,28,32)/t19-,20+,21-,25+/m1/s1. The van der Waals surface area contributed by atoms with Gasteiger partial charge < -0.3 is 15.5 Å². The molecule has 2 heterocycles. The SMILES string of the molecule is CN(C)C(=O)[C@@H]1N[C@H](CC(C)(C)C)[C@]2(C(=O)Nc3cc(Cl)ccc32)[C@H]1c1cccc(F)c1. The van der Waals surface area contributed by atoms with E-state index in [4.69, 9.17) is 11.6 Å². The Kier molecular flexibility index (Phi) is 5.58. The average molecular weight is 458 g/mol. The molecule has 0 unspecified atom stereocenters. The fourth-order valence-electron chi connectivity index (χ4n) is 5.39. The van der Waals surface area contributed by atoms with Gasteiger partial charge in [0.25, 0.3) is 0 Å². The fraction of sp³-hybridized carbons (Fsp3) is 0.440. The highest BCUT2D eigenvalue weighted by Gasteiger charge is 2.65. The van der Waals surface area contributed by atoms with Crippen molar-refractivity contribution in [2.75, 3.05) is 19.4 Å². The van der Waals surface area contributed by atoms with Gasteiger partial charge in [-0.25, -0.2) is 4.39 Å². The lowest BCUT2D eigenvalue weighted by atomic mass is 9.62. The van der Waals surface area contributed by atoms with E-state index in [-0.39, 0.29) is 23.3 Å². The summed E-state index contributed by atoms with van der Waals surface area (Å²) >= 11 is 6.23. The zero-order chi connectivity index (χ0) is 23.4. The van der Waals surface area contributed by atoms with Gasteiger partial charge in [0.2, 0.25) is 11.8 Å². The van der Waals surface area contributed by atoms with E-state index < -0.39 is 23.2 Å². The van der Waals surface area contributed by atoms with Crippen LogP contribution in [0.5, 0.6) is 0 Å². The molecule has 1 spiro atoms. The van der Waals surface area contributed by atoms with Gasteiger partial charge in [0, 0.05) is 36.8 Å². The third-order valence-electron chi connectivity index (χ3n) is 6.54.